The summed E-state index contributed by atoms with van der Waals surface area (Å²) in [5.41, 5.74) is 5.02. The number of benzene rings is 1. The minimum atomic E-state index is -4.79. The number of nitrogens with two attached hydrogens (primary N) is 1. The van der Waals surface area contributed by atoms with E-state index in [-0.39, 0.29) is 11.4 Å². The smallest absolute Gasteiger partial charge is 0.422 e. The van der Waals surface area contributed by atoms with Gasteiger partial charge in [-0.25, -0.2) is 4.79 Å². The van der Waals surface area contributed by atoms with E-state index >= 15 is 0 Å². The van der Waals surface area contributed by atoms with Gasteiger partial charge in [-0.05, 0) is 12.1 Å². The maximum Gasteiger partial charge on any atom is 0.422 e. The summed E-state index contributed by atoms with van der Waals surface area (Å²) < 4.78 is 79.3. The summed E-state index contributed by atoms with van der Waals surface area (Å²) in [4.78, 5) is 25.2. The summed E-state index contributed by atoms with van der Waals surface area (Å²) in [6, 6.07) is 3.38. The number of para-hydroxylation sites is 2. The van der Waals surface area contributed by atoms with E-state index < -0.39 is 50.1 Å². The lowest BCUT2D eigenvalue weighted by Gasteiger charge is -2.25. The Hall–Kier alpha value is -2.50. The van der Waals surface area contributed by atoms with Crippen molar-refractivity contribution in [1.82, 2.24) is 0 Å². The molecular weight excluding hydrogens is 372 g/mol. The minimum absolute atomic E-state index is 0.217. The molecule has 0 saturated carbocycles. The lowest BCUT2D eigenvalue weighted by Crippen LogP contribution is -2.50. The topological polar surface area (TPSA) is 75.9 Å². The van der Waals surface area contributed by atoms with Crippen LogP contribution in [0.25, 0.3) is 0 Å². The van der Waals surface area contributed by atoms with Crippen LogP contribution < -0.4 is 15.5 Å². The fourth-order valence-electron chi connectivity index (χ4n) is 2.35. The second kappa shape index (κ2) is 7.02. The fourth-order valence-corrected chi connectivity index (χ4v) is 2.35. The van der Waals surface area contributed by atoms with Crippen LogP contribution in [0, 0.1) is 0 Å². The summed E-state index contributed by atoms with van der Waals surface area (Å²) in [6.07, 6.45) is -11.0. The van der Waals surface area contributed by atoms with Crippen molar-refractivity contribution in [3.05, 3.63) is 24.3 Å². The Morgan fingerprint density at radius 3 is 2.23 bits per heavy atom. The monoisotopic (exact) mass is 385 g/mol. The molecule has 2 rings (SSSR count). The van der Waals surface area contributed by atoms with E-state index in [4.69, 9.17) is 5.73 Å². The lowest BCUT2D eigenvalue weighted by molar-refractivity contribution is -0.159. The molecule has 2 N–H and O–H groups in total. The zero-order valence-corrected chi connectivity index (χ0v) is 13.0. The molecule has 0 radical (unpaired) electrons. The van der Waals surface area contributed by atoms with Crippen LogP contribution in [0.1, 0.15) is 0 Å². The van der Waals surface area contributed by atoms with E-state index in [0.717, 1.165) is 6.07 Å². The SMILES string of the molecule is N[C@H]1CN(C(=O)OCC(F)(F)F)c2ccccc2N(CC(F)(F)F)C1=O. The summed E-state index contributed by atoms with van der Waals surface area (Å²) in [5.74, 6) is -1.12. The van der Waals surface area contributed by atoms with Gasteiger partial charge in [0.1, 0.15) is 12.6 Å². The molecule has 1 aromatic rings. The van der Waals surface area contributed by atoms with Crippen molar-refractivity contribution in [3.63, 3.8) is 0 Å². The molecule has 1 heterocycles. The highest BCUT2D eigenvalue weighted by Gasteiger charge is 2.41. The van der Waals surface area contributed by atoms with Gasteiger partial charge in [0.15, 0.2) is 6.61 Å². The van der Waals surface area contributed by atoms with Crippen LogP contribution in [0.4, 0.5) is 42.5 Å². The average Bonchev–Trinajstić information content (AvgIpc) is 2.62. The number of carbonyl (C=O) groups is 2. The molecule has 0 fully saturated rings. The maximum absolute atomic E-state index is 12.8. The van der Waals surface area contributed by atoms with Gasteiger partial charge >= 0.3 is 18.4 Å². The highest BCUT2D eigenvalue weighted by atomic mass is 19.4. The summed E-state index contributed by atoms with van der Waals surface area (Å²) >= 11 is 0. The molecule has 0 aromatic heterocycles. The molecule has 1 atom stereocenters. The van der Waals surface area contributed by atoms with E-state index in [1.165, 1.54) is 18.2 Å². The number of anilines is 2. The number of alkyl halides is 6. The summed E-state index contributed by atoms with van der Waals surface area (Å²) in [6.45, 7) is -4.19. The fraction of sp³-hybridized carbons (Fsp3) is 0.429. The van der Waals surface area contributed by atoms with Crippen molar-refractivity contribution >= 4 is 23.4 Å². The van der Waals surface area contributed by atoms with Crippen LogP contribution in [0.15, 0.2) is 24.3 Å². The van der Waals surface area contributed by atoms with Crippen molar-refractivity contribution in [2.45, 2.75) is 18.4 Å². The number of carbonyl (C=O) groups excluding carboxylic acids is 2. The average molecular weight is 385 g/mol. The second-order valence-corrected chi connectivity index (χ2v) is 5.42. The second-order valence-electron chi connectivity index (χ2n) is 5.42. The van der Waals surface area contributed by atoms with Crippen molar-refractivity contribution in [3.8, 4) is 0 Å². The minimum Gasteiger partial charge on any atom is -0.439 e. The Kier molecular flexibility index (Phi) is 5.35. The van der Waals surface area contributed by atoms with Crippen LogP contribution >= 0.6 is 0 Å². The number of nitrogens with zero attached hydrogens (tertiary/aromatic N) is 2. The van der Waals surface area contributed by atoms with Gasteiger partial charge in [-0.15, -0.1) is 0 Å². The first-order chi connectivity index (χ1) is 11.9. The number of halogens is 6. The molecule has 0 aliphatic carbocycles. The van der Waals surface area contributed by atoms with Crippen molar-refractivity contribution < 1.29 is 40.7 Å². The zero-order chi connectivity index (χ0) is 19.7. The van der Waals surface area contributed by atoms with E-state index in [0.29, 0.717) is 9.80 Å². The first kappa shape index (κ1) is 19.8. The van der Waals surface area contributed by atoms with Crippen molar-refractivity contribution in [2.24, 2.45) is 5.73 Å². The van der Waals surface area contributed by atoms with E-state index in [1.54, 1.807) is 0 Å². The van der Waals surface area contributed by atoms with Gasteiger partial charge < -0.3 is 10.5 Å². The molecule has 0 spiro atoms. The van der Waals surface area contributed by atoms with Crippen molar-refractivity contribution in [2.75, 3.05) is 29.5 Å². The normalized spacial score (nSPS) is 18.4. The molecular formula is C14H13F6N3O3. The van der Waals surface area contributed by atoms with E-state index in [9.17, 15) is 35.9 Å². The molecule has 144 valence electrons. The quantitative estimate of drug-likeness (QED) is 0.794. The predicted octanol–water partition coefficient (Wildman–Crippen LogP) is 2.43. The number of amides is 2. The Morgan fingerprint density at radius 2 is 1.69 bits per heavy atom. The van der Waals surface area contributed by atoms with Gasteiger partial charge in [0.2, 0.25) is 5.91 Å². The first-order valence-electron chi connectivity index (χ1n) is 7.13. The van der Waals surface area contributed by atoms with Crippen LogP contribution in [0.5, 0.6) is 0 Å². The van der Waals surface area contributed by atoms with Crippen LogP contribution in [0.3, 0.4) is 0 Å². The molecule has 0 saturated heterocycles. The Bertz CT molecular complexity index is 691. The zero-order valence-electron chi connectivity index (χ0n) is 13.0. The Balaban J connectivity index is 2.40. The van der Waals surface area contributed by atoms with Gasteiger partial charge in [-0.2, -0.15) is 26.3 Å². The third-order valence-corrected chi connectivity index (χ3v) is 3.34. The van der Waals surface area contributed by atoms with Gasteiger partial charge in [-0.3, -0.25) is 14.6 Å². The predicted molar refractivity (Wildman–Crippen MR) is 77.6 cm³/mol. The summed E-state index contributed by atoms with van der Waals surface area (Å²) in [5, 5.41) is 0. The van der Waals surface area contributed by atoms with Crippen LogP contribution in [0.2, 0.25) is 0 Å². The third kappa shape index (κ3) is 4.77. The molecule has 1 aromatic carbocycles. The van der Waals surface area contributed by atoms with Crippen LogP contribution in [-0.2, 0) is 9.53 Å². The molecule has 1 aliphatic rings. The lowest BCUT2D eigenvalue weighted by atomic mass is 10.2. The molecule has 6 nitrogen and oxygen atoms in total. The van der Waals surface area contributed by atoms with Gasteiger partial charge in [0.05, 0.1) is 17.9 Å². The molecule has 2 amide bonds. The number of fused-ring (bicyclic) bond motifs is 1. The highest BCUT2D eigenvalue weighted by Crippen LogP contribution is 2.35. The number of hydrogen-bond acceptors (Lipinski definition) is 4. The van der Waals surface area contributed by atoms with E-state index in [1.807, 2.05) is 0 Å². The van der Waals surface area contributed by atoms with Gasteiger partial charge in [0.25, 0.3) is 0 Å². The van der Waals surface area contributed by atoms with Gasteiger partial charge in [0, 0.05) is 0 Å². The standard InChI is InChI=1S/C14H13F6N3O3/c15-13(16,17)6-23-10-4-2-1-3-9(10)22(5-8(21)11(23)24)12(25)26-7-14(18,19)20/h1-4,8H,5-7,21H2/t8-/m0/s1. The molecule has 12 heteroatoms. The maximum atomic E-state index is 12.8. The van der Waals surface area contributed by atoms with E-state index in [2.05, 4.69) is 4.74 Å². The largest absolute Gasteiger partial charge is 0.439 e. The number of rotatable bonds is 2. The van der Waals surface area contributed by atoms with Crippen LogP contribution in [-0.4, -0.2) is 50.1 Å². The van der Waals surface area contributed by atoms with Gasteiger partial charge in [-0.1, -0.05) is 12.1 Å². The Labute approximate surface area is 143 Å². The number of ether oxygens (including phenoxy) is 1. The molecule has 0 bridgehead atoms. The Morgan fingerprint density at radius 1 is 1.12 bits per heavy atom. The molecule has 0 unspecified atom stereocenters. The number of hydrogen-bond donors (Lipinski definition) is 1. The summed E-state index contributed by atoms with van der Waals surface area (Å²) in [7, 11) is 0. The first-order valence-corrected chi connectivity index (χ1v) is 7.13. The third-order valence-electron chi connectivity index (χ3n) is 3.34. The molecule has 26 heavy (non-hydrogen) atoms. The van der Waals surface area contributed by atoms with Crippen molar-refractivity contribution in [1.29, 1.82) is 0 Å². The molecule has 1 aliphatic heterocycles. The highest BCUT2D eigenvalue weighted by molar-refractivity contribution is 6.05.